The zero-order valence-electron chi connectivity index (χ0n) is 12.4. The van der Waals surface area contributed by atoms with Crippen LogP contribution in [0.15, 0.2) is 30.3 Å². The molecule has 0 atom stereocenters. The van der Waals surface area contributed by atoms with Crippen LogP contribution < -0.4 is 4.90 Å². The molecule has 0 N–H and O–H groups in total. The van der Waals surface area contributed by atoms with Gasteiger partial charge in [-0.05, 0) is 5.56 Å². The van der Waals surface area contributed by atoms with Gasteiger partial charge in [0.05, 0.1) is 5.69 Å². The van der Waals surface area contributed by atoms with Gasteiger partial charge in [-0.15, -0.1) is 0 Å². The Morgan fingerprint density at radius 2 is 1.95 bits per heavy atom. The molecule has 0 amide bonds. The number of fused-ring (bicyclic) bond motifs is 1. The van der Waals surface area contributed by atoms with Gasteiger partial charge in [0.2, 0.25) is 5.95 Å². The van der Waals surface area contributed by atoms with Gasteiger partial charge in [-0.25, -0.2) is 9.97 Å². The molecule has 110 valence electrons. The molecule has 0 radical (unpaired) electrons. The van der Waals surface area contributed by atoms with E-state index in [2.05, 4.69) is 39.1 Å². The smallest absolute Gasteiger partial charge is 0.226 e. The SMILES string of the molecule is CN(C)c1nc(Cl)c2c(n1)CCN(Cc1ccccc1)C2. The van der Waals surface area contributed by atoms with E-state index in [4.69, 9.17) is 11.6 Å². The molecule has 0 aliphatic carbocycles. The molecule has 0 unspecified atom stereocenters. The van der Waals surface area contributed by atoms with Crippen LogP contribution in [0, 0.1) is 0 Å². The van der Waals surface area contributed by atoms with Gasteiger partial charge in [0, 0.05) is 45.7 Å². The zero-order chi connectivity index (χ0) is 14.8. The lowest BCUT2D eigenvalue weighted by atomic mass is 10.1. The lowest BCUT2D eigenvalue weighted by molar-refractivity contribution is 0.243. The summed E-state index contributed by atoms with van der Waals surface area (Å²) in [5.41, 5.74) is 3.48. The average molecular weight is 303 g/mol. The van der Waals surface area contributed by atoms with Crippen LogP contribution in [-0.4, -0.2) is 35.5 Å². The number of nitrogens with zero attached hydrogens (tertiary/aromatic N) is 4. The molecule has 0 saturated heterocycles. The summed E-state index contributed by atoms with van der Waals surface area (Å²) in [6, 6.07) is 10.5. The first kappa shape index (κ1) is 14.3. The second-order valence-corrected chi connectivity index (χ2v) is 5.94. The lowest BCUT2D eigenvalue weighted by Gasteiger charge is -2.29. The summed E-state index contributed by atoms with van der Waals surface area (Å²) < 4.78 is 0. The molecule has 4 nitrogen and oxygen atoms in total. The number of rotatable bonds is 3. The predicted molar refractivity (Wildman–Crippen MR) is 85.6 cm³/mol. The fourth-order valence-electron chi connectivity index (χ4n) is 2.59. The summed E-state index contributed by atoms with van der Waals surface area (Å²) in [5, 5.41) is 0.585. The number of aromatic nitrogens is 2. The number of anilines is 1. The summed E-state index contributed by atoms with van der Waals surface area (Å²) in [7, 11) is 3.87. The first-order chi connectivity index (χ1) is 10.1. The van der Waals surface area contributed by atoms with Crippen LogP contribution in [0.25, 0.3) is 0 Å². The number of hydrogen-bond donors (Lipinski definition) is 0. The molecule has 21 heavy (non-hydrogen) atoms. The van der Waals surface area contributed by atoms with Crippen molar-refractivity contribution in [1.82, 2.24) is 14.9 Å². The zero-order valence-corrected chi connectivity index (χ0v) is 13.1. The number of halogens is 1. The highest BCUT2D eigenvalue weighted by Gasteiger charge is 2.22. The van der Waals surface area contributed by atoms with Crippen molar-refractivity contribution < 1.29 is 0 Å². The van der Waals surface area contributed by atoms with Crippen LogP contribution in [0.3, 0.4) is 0 Å². The van der Waals surface area contributed by atoms with E-state index in [-0.39, 0.29) is 0 Å². The number of benzene rings is 1. The maximum Gasteiger partial charge on any atom is 0.226 e. The molecule has 2 heterocycles. The standard InChI is InChI=1S/C16H19ClN4/c1-20(2)16-18-14-8-9-21(11-13(14)15(17)19-16)10-12-6-4-3-5-7-12/h3-7H,8-11H2,1-2H3. The predicted octanol–water partition coefficient (Wildman–Crippen LogP) is 2.75. The van der Waals surface area contributed by atoms with Crippen molar-refractivity contribution in [2.75, 3.05) is 25.5 Å². The summed E-state index contributed by atoms with van der Waals surface area (Å²) in [5.74, 6) is 0.690. The van der Waals surface area contributed by atoms with Gasteiger partial charge < -0.3 is 4.90 Å². The molecule has 0 fully saturated rings. The Kier molecular flexibility index (Phi) is 4.08. The fraction of sp³-hybridized carbons (Fsp3) is 0.375. The normalized spacial score (nSPS) is 14.8. The van der Waals surface area contributed by atoms with Gasteiger partial charge in [-0.1, -0.05) is 41.9 Å². The van der Waals surface area contributed by atoms with E-state index in [1.54, 1.807) is 0 Å². The largest absolute Gasteiger partial charge is 0.347 e. The summed E-state index contributed by atoms with van der Waals surface area (Å²) >= 11 is 6.36. The Labute approximate surface area is 130 Å². The van der Waals surface area contributed by atoms with Crippen molar-refractivity contribution in [1.29, 1.82) is 0 Å². The van der Waals surface area contributed by atoms with E-state index < -0.39 is 0 Å². The van der Waals surface area contributed by atoms with Gasteiger partial charge in [0.1, 0.15) is 5.15 Å². The molecular weight excluding hydrogens is 284 g/mol. The summed E-state index contributed by atoms with van der Waals surface area (Å²) in [6.45, 7) is 2.75. The summed E-state index contributed by atoms with van der Waals surface area (Å²) in [4.78, 5) is 13.3. The maximum atomic E-state index is 6.36. The highest BCUT2D eigenvalue weighted by atomic mass is 35.5. The van der Waals surface area contributed by atoms with Crippen LogP contribution >= 0.6 is 11.6 Å². The van der Waals surface area contributed by atoms with Crippen molar-refractivity contribution in [2.24, 2.45) is 0 Å². The van der Waals surface area contributed by atoms with E-state index in [0.717, 1.165) is 37.3 Å². The molecule has 0 bridgehead atoms. The minimum atomic E-state index is 0.585. The first-order valence-corrected chi connectivity index (χ1v) is 7.50. The molecular formula is C16H19ClN4. The van der Waals surface area contributed by atoms with Gasteiger partial charge in [0.25, 0.3) is 0 Å². The third-order valence-electron chi connectivity index (χ3n) is 3.73. The minimum Gasteiger partial charge on any atom is -0.347 e. The quantitative estimate of drug-likeness (QED) is 0.816. The highest BCUT2D eigenvalue weighted by Crippen LogP contribution is 2.26. The van der Waals surface area contributed by atoms with Crippen LogP contribution in [0.4, 0.5) is 5.95 Å². The number of hydrogen-bond acceptors (Lipinski definition) is 4. The fourth-order valence-corrected chi connectivity index (χ4v) is 2.84. The molecule has 1 aromatic heterocycles. The molecule has 0 saturated carbocycles. The Hall–Kier alpha value is -1.65. The third-order valence-corrected chi connectivity index (χ3v) is 4.04. The Bertz CT molecular complexity index is 628. The Morgan fingerprint density at radius 3 is 2.67 bits per heavy atom. The lowest BCUT2D eigenvalue weighted by Crippen LogP contribution is -2.31. The highest BCUT2D eigenvalue weighted by molar-refractivity contribution is 6.30. The average Bonchev–Trinajstić information content (AvgIpc) is 2.48. The molecule has 2 aromatic rings. The second kappa shape index (κ2) is 6.00. The van der Waals surface area contributed by atoms with Crippen molar-refractivity contribution in [2.45, 2.75) is 19.5 Å². The molecule has 5 heteroatoms. The molecule has 0 spiro atoms. The summed E-state index contributed by atoms with van der Waals surface area (Å²) in [6.07, 6.45) is 0.922. The van der Waals surface area contributed by atoms with Gasteiger partial charge in [0.15, 0.2) is 0 Å². The molecule has 1 aliphatic heterocycles. The third kappa shape index (κ3) is 3.17. The van der Waals surface area contributed by atoms with Crippen LogP contribution in [0.5, 0.6) is 0 Å². The van der Waals surface area contributed by atoms with Crippen LogP contribution in [0.1, 0.15) is 16.8 Å². The van der Waals surface area contributed by atoms with Gasteiger partial charge >= 0.3 is 0 Å². The van der Waals surface area contributed by atoms with E-state index in [1.165, 1.54) is 5.56 Å². The van der Waals surface area contributed by atoms with Crippen molar-refractivity contribution in [3.63, 3.8) is 0 Å². The van der Waals surface area contributed by atoms with Crippen LogP contribution in [0.2, 0.25) is 5.15 Å². The molecule has 1 aliphatic rings. The van der Waals surface area contributed by atoms with E-state index in [0.29, 0.717) is 11.1 Å². The second-order valence-electron chi connectivity index (χ2n) is 5.58. The van der Waals surface area contributed by atoms with Crippen LogP contribution in [-0.2, 0) is 19.5 Å². The Balaban J connectivity index is 1.79. The van der Waals surface area contributed by atoms with E-state index >= 15 is 0 Å². The first-order valence-electron chi connectivity index (χ1n) is 7.12. The van der Waals surface area contributed by atoms with E-state index in [9.17, 15) is 0 Å². The van der Waals surface area contributed by atoms with Crippen molar-refractivity contribution in [3.05, 3.63) is 52.3 Å². The monoisotopic (exact) mass is 302 g/mol. The molecule has 3 rings (SSSR count). The minimum absolute atomic E-state index is 0.585. The topological polar surface area (TPSA) is 32.3 Å². The van der Waals surface area contributed by atoms with E-state index in [1.807, 2.05) is 25.1 Å². The van der Waals surface area contributed by atoms with Gasteiger partial charge in [-0.2, -0.15) is 0 Å². The van der Waals surface area contributed by atoms with Gasteiger partial charge in [-0.3, -0.25) is 4.90 Å². The maximum absolute atomic E-state index is 6.36. The van der Waals surface area contributed by atoms with Crippen molar-refractivity contribution in [3.8, 4) is 0 Å². The Morgan fingerprint density at radius 1 is 1.19 bits per heavy atom. The molecule has 1 aromatic carbocycles. The van der Waals surface area contributed by atoms with Crippen molar-refractivity contribution >= 4 is 17.5 Å².